The first-order valence-corrected chi connectivity index (χ1v) is 7.40. The van der Waals surface area contributed by atoms with Crippen molar-refractivity contribution in [1.29, 1.82) is 0 Å². The maximum absolute atomic E-state index is 12.0. The molecule has 2 fully saturated rings. The van der Waals surface area contributed by atoms with Gasteiger partial charge in [0.05, 0.1) is 0 Å². The highest BCUT2D eigenvalue weighted by Gasteiger charge is 2.34. The molecule has 5 nitrogen and oxygen atoms in total. The van der Waals surface area contributed by atoms with Crippen LogP contribution in [0, 0.1) is 5.92 Å². The molecule has 6 heteroatoms. The molecule has 4 N–H and O–H groups in total. The van der Waals surface area contributed by atoms with E-state index in [-0.39, 0.29) is 12.1 Å². The summed E-state index contributed by atoms with van der Waals surface area (Å²) in [5, 5.41) is 6.55. The molecule has 1 aliphatic heterocycles. The fraction of sp³-hybridized carbons (Fsp3) is 0.500. The summed E-state index contributed by atoms with van der Waals surface area (Å²) in [6.45, 7) is 0.988. The summed E-state index contributed by atoms with van der Waals surface area (Å²) in [6, 6.07) is 7.79. The molecule has 3 rings (SSSR count). The molecule has 2 amide bonds. The van der Waals surface area contributed by atoms with Gasteiger partial charge in [0.25, 0.3) is 0 Å². The van der Waals surface area contributed by atoms with Gasteiger partial charge in [-0.25, -0.2) is 4.79 Å². The minimum Gasteiger partial charge on any atom is -0.335 e. The molecule has 1 saturated heterocycles. The minimum absolute atomic E-state index is 0.144. The average molecular weight is 295 g/mol. The first kappa shape index (κ1) is 13.7. The van der Waals surface area contributed by atoms with E-state index in [1.807, 2.05) is 0 Å². The van der Waals surface area contributed by atoms with E-state index in [0.717, 1.165) is 31.5 Å². The summed E-state index contributed by atoms with van der Waals surface area (Å²) in [5.74, 6) is 0.615. The van der Waals surface area contributed by atoms with Crippen LogP contribution in [-0.2, 0) is 0 Å². The van der Waals surface area contributed by atoms with E-state index in [1.165, 1.54) is 0 Å². The zero-order valence-electron chi connectivity index (χ0n) is 11.2. The third-order valence-corrected chi connectivity index (χ3v) is 4.32. The molecule has 3 unspecified atom stereocenters. The van der Waals surface area contributed by atoms with Gasteiger partial charge in [-0.1, -0.05) is 11.6 Å². The zero-order valence-corrected chi connectivity index (χ0v) is 11.9. The second kappa shape index (κ2) is 5.99. The summed E-state index contributed by atoms with van der Waals surface area (Å²) in [6.07, 6.45) is 3.14. The Morgan fingerprint density at radius 3 is 2.85 bits per heavy atom. The van der Waals surface area contributed by atoms with Crippen LogP contribution in [0.4, 0.5) is 10.5 Å². The highest BCUT2D eigenvalue weighted by Crippen LogP contribution is 2.26. The Morgan fingerprint density at radius 1 is 1.25 bits per heavy atom. The number of benzene rings is 1. The maximum atomic E-state index is 12.0. The number of halogens is 1. The Balaban J connectivity index is 1.50. The molecule has 3 atom stereocenters. The molecule has 20 heavy (non-hydrogen) atoms. The smallest absolute Gasteiger partial charge is 0.319 e. The van der Waals surface area contributed by atoms with Crippen LogP contribution in [0.3, 0.4) is 0 Å². The van der Waals surface area contributed by atoms with Gasteiger partial charge in [-0.15, -0.1) is 0 Å². The van der Waals surface area contributed by atoms with Crippen molar-refractivity contribution in [2.75, 3.05) is 11.9 Å². The molecule has 108 valence electrons. The lowest BCUT2D eigenvalue weighted by Gasteiger charge is -2.31. The highest BCUT2D eigenvalue weighted by atomic mass is 35.5. The van der Waals surface area contributed by atoms with Gasteiger partial charge in [-0.3, -0.25) is 10.9 Å². The number of carbonyl (C=O) groups is 1. The van der Waals surface area contributed by atoms with Crippen molar-refractivity contribution in [2.45, 2.75) is 31.3 Å². The number of fused-ring (bicyclic) bond motifs is 1. The molecule has 0 aromatic heterocycles. The SMILES string of the molecule is O=C(Nc1ccc(Cl)cc1)NC1CCC2NNCC2C1. The van der Waals surface area contributed by atoms with Crippen LogP contribution in [0.5, 0.6) is 0 Å². The number of hydrogen-bond acceptors (Lipinski definition) is 3. The summed E-state index contributed by atoms with van der Waals surface area (Å²) in [7, 11) is 0. The zero-order chi connectivity index (χ0) is 13.9. The van der Waals surface area contributed by atoms with Crippen LogP contribution in [0.15, 0.2) is 24.3 Å². The highest BCUT2D eigenvalue weighted by molar-refractivity contribution is 6.30. The second-order valence-corrected chi connectivity index (χ2v) is 5.94. The second-order valence-electron chi connectivity index (χ2n) is 5.51. The summed E-state index contributed by atoms with van der Waals surface area (Å²) < 4.78 is 0. The third-order valence-electron chi connectivity index (χ3n) is 4.07. The van der Waals surface area contributed by atoms with Gasteiger partial charge in [0.15, 0.2) is 0 Å². The molecule has 1 aromatic rings. The van der Waals surface area contributed by atoms with E-state index in [0.29, 0.717) is 17.0 Å². The lowest BCUT2D eigenvalue weighted by molar-refractivity contribution is 0.233. The number of hydrogen-bond donors (Lipinski definition) is 4. The minimum atomic E-state index is -0.144. The lowest BCUT2D eigenvalue weighted by Crippen LogP contribution is -2.45. The van der Waals surface area contributed by atoms with Crippen LogP contribution < -0.4 is 21.5 Å². The van der Waals surface area contributed by atoms with Gasteiger partial charge in [0.1, 0.15) is 0 Å². The number of urea groups is 1. The van der Waals surface area contributed by atoms with Crippen molar-refractivity contribution in [2.24, 2.45) is 5.92 Å². The Labute approximate surface area is 123 Å². The Bertz CT molecular complexity index is 479. The van der Waals surface area contributed by atoms with Gasteiger partial charge in [-0.05, 0) is 49.4 Å². The quantitative estimate of drug-likeness (QED) is 0.675. The van der Waals surface area contributed by atoms with E-state index in [4.69, 9.17) is 11.6 Å². The Kier molecular flexibility index (Phi) is 4.10. The Hall–Kier alpha value is -1.30. The molecule has 1 aliphatic carbocycles. The van der Waals surface area contributed by atoms with Gasteiger partial charge in [0, 0.05) is 29.3 Å². The van der Waals surface area contributed by atoms with Crippen LogP contribution in [0.25, 0.3) is 0 Å². The maximum Gasteiger partial charge on any atom is 0.319 e. The van der Waals surface area contributed by atoms with Crippen molar-refractivity contribution in [3.8, 4) is 0 Å². The predicted molar refractivity (Wildman–Crippen MR) is 79.7 cm³/mol. The first-order valence-electron chi connectivity index (χ1n) is 7.02. The number of nitrogens with one attached hydrogen (secondary N) is 4. The number of anilines is 1. The van der Waals surface area contributed by atoms with Crippen molar-refractivity contribution in [1.82, 2.24) is 16.2 Å². The molecule has 0 radical (unpaired) electrons. The third kappa shape index (κ3) is 3.23. The first-order chi connectivity index (χ1) is 9.70. The van der Waals surface area contributed by atoms with Crippen molar-refractivity contribution >= 4 is 23.3 Å². The molecule has 1 heterocycles. The number of carbonyl (C=O) groups excluding carboxylic acids is 1. The topological polar surface area (TPSA) is 65.2 Å². The predicted octanol–water partition coefficient (Wildman–Crippen LogP) is 2.11. The van der Waals surface area contributed by atoms with Gasteiger partial charge in [-0.2, -0.15) is 0 Å². The van der Waals surface area contributed by atoms with Crippen LogP contribution in [0.2, 0.25) is 5.02 Å². The van der Waals surface area contributed by atoms with Gasteiger partial charge < -0.3 is 10.6 Å². The molecular formula is C14H19ClN4O. The standard InChI is InChI=1S/C14H19ClN4O/c15-10-1-3-11(4-2-10)17-14(20)18-12-5-6-13-9(7-12)8-16-19-13/h1-4,9,12-13,16,19H,5-8H2,(H2,17,18,20). The summed E-state index contributed by atoms with van der Waals surface area (Å²) in [4.78, 5) is 12.0. The van der Waals surface area contributed by atoms with Crippen molar-refractivity contribution in [3.05, 3.63) is 29.3 Å². The molecule has 0 spiro atoms. The molecule has 0 bridgehead atoms. The van der Waals surface area contributed by atoms with Gasteiger partial charge >= 0.3 is 6.03 Å². The fourth-order valence-corrected chi connectivity index (χ4v) is 3.14. The van der Waals surface area contributed by atoms with Crippen LogP contribution in [-0.4, -0.2) is 24.7 Å². The number of rotatable bonds is 2. The van der Waals surface area contributed by atoms with E-state index in [9.17, 15) is 4.79 Å². The number of hydrazine groups is 1. The molecular weight excluding hydrogens is 276 g/mol. The monoisotopic (exact) mass is 294 g/mol. The fourth-order valence-electron chi connectivity index (χ4n) is 3.02. The van der Waals surface area contributed by atoms with Crippen LogP contribution >= 0.6 is 11.6 Å². The lowest BCUT2D eigenvalue weighted by atomic mass is 9.83. The van der Waals surface area contributed by atoms with E-state index in [1.54, 1.807) is 24.3 Å². The molecule has 1 aromatic carbocycles. The average Bonchev–Trinajstić information content (AvgIpc) is 2.89. The van der Waals surface area contributed by atoms with Gasteiger partial charge in [0.2, 0.25) is 0 Å². The Morgan fingerprint density at radius 2 is 2.05 bits per heavy atom. The van der Waals surface area contributed by atoms with Crippen LogP contribution in [0.1, 0.15) is 19.3 Å². The van der Waals surface area contributed by atoms with Crippen molar-refractivity contribution < 1.29 is 4.79 Å². The van der Waals surface area contributed by atoms with E-state index < -0.39 is 0 Å². The normalized spacial score (nSPS) is 28.8. The summed E-state index contributed by atoms with van der Waals surface area (Å²) in [5.41, 5.74) is 7.23. The van der Waals surface area contributed by atoms with E-state index in [2.05, 4.69) is 21.5 Å². The number of amides is 2. The summed E-state index contributed by atoms with van der Waals surface area (Å²) >= 11 is 5.82. The molecule has 2 aliphatic rings. The largest absolute Gasteiger partial charge is 0.335 e. The van der Waals surface area contributed by atoms with Crippen molar-refractivity contribution in [3.63, 3.8) is 0 Å². The molecule has 1 saturated carbocycles. The van der Waals surface area contributed by atoms with E-state index >= 15 is 0 Å².